The van der Waals surface area contributed by atoms with Crippen LogP contribution in [0.1, 0.15) is 23.7 Å². The van der Waals surface area contributed by atoms with Gasteiger partial charge in [0.1, 0.15) is 12.7 Å². The SMILES string of the molecule is O=C(NCCC(O)C(O)c1cccc([N+](=O)[O-])c1O)OCc1ccccc1. The van der Waals surface area contributed by atoms with Crippen molar-refractivity contribution in [3.63, 3.8) is 0 Å². The third-order valence-corrected chi connectivity index (χ3v) is 3.85. The zero-order valence-corrected chi connectivity index (χ0v) is 14.3. The van der Waals surface area contributed by atoms with Gasteiger partial charge in [0.2, 0.25) is 0 Å². The van der Waals surface area contributed by atoms with Gasteiger partial charge in [0, 0.05) is 18.2 Å². The Bertz CT molecular complexity index is 783. The van der Waals surface area contributed by atoms with Crippen molar-refractivity contribution in [2.75, 3.05) is 6.54 Å². The number of hydrogen-bond acceptors (Lipinski definition) is 7. The average Bonchev–Trinajstić information content (AvgIpc) is 2.66. The van der Waals surface area contributed by atoms with Gasteiger partial charge in [-0.1, -0.05) is 42.5 Å². The number of aromatic hydroxyl groups is 1. The van der Waals surface area contributed by atoms with E-state index in [2.05, 4.69) is 5.32 Å². The van der Waals surface area contributed by atoms with E-state index in [4.69, 9.17) is 4.74 Å². The number of nitrogens with one attached hydrogen (secondary N) is 1. The number of nitrogens with zero attached hydrogens (tertiary/aromatic N) is 1. The number of phenols is 1. The van der Waals surface area contributed by atoms with Crippen LogP contribution >= 0.6 is 0 Å². The molecular weight excluding hydrogens is 356 g/mol. The van der Waals surface area contributed by atoms with E-state index in [-0.39, 0.29) is 25.1 Å². The number of nitro groups is 1. The lowest BCUT2D eigenvalue weighted by atomic mass is 10.0. The molecule has 0 spiro atoms. The molecule has 2 unspecified atom stereocenters. The second-order valence-corrected chi connectivity index (χ2v) is 5.76. The standard InChI is InChI=1S/C18H20N2O7/c21-15(17(23)13-7-4-8-14(16(13)22)20(25)26)9-10-19-18(24)27-11-12-5-2-1-3-6-12/h1-8,15,17,21-23H,9-11H2,(H,19,24). The summed E-state index contributed by atoms with van der Waals surface area (Å²) < 4.78 is 5.01. The number of aliphatic hydroxyl groups excluding tert-OH is 2. The molecule has 0 saturated heterocycles. The van der Waals surface area contributed by atoms with Gasteiger partial charge in [-0.3, -0.25) is 10.1 Å². The van der Waals surface area contributed by atoms with E-state index in [9.17, 15) is 30.2 Å². The normalized spacial score (nSPS) is 12.8. The Labute approximate surface area is 155 Å². The second-order valence-electron chi connectivity index (χ2n) is 5.76. The summed E-state index contributed by atoms with van der Waals surface area (Å²) in [7, 11) is 0. The first-order valence-electron chi connectivity index (χ1n) is 8.17. The van der Waals surface area contributed by atoms with Crippen molar-refractivity contribution in [3.05, 3.63) is 69.8 Å². The van der Waals surface area contributed by atoms with Crippen LogP contribution in [0.25, 0.3) is 0 Å². The van der Waals surface area contributed by atoms with Crippen LogP contribution in [0.15, 0.2) is 48.5 Å². The summed E-state index contributed by atoms with van der Waals surface area (Å²) in [5.74, 6) is -0.704. The lowest BCUT2D eigenvalue weighted by Gasteiger charge is -2.19. The topological polar surface area (TPSA) is 142 Å². The molecule has 2 aromatic carbocycles. The highest BCUT2D eigenvalue weighted by molar-refractivity contribution is 5.67. The van der Waals surface area contributed by atoms with Crippen molar-refractivity contribution in [3.8, 4) is 5.75 Å². The first kappa shape index (κ1) is 20.1. The lowest BCUT2D eigenvalue weighted by molar-refractivity contribution is -0.386. The van der Waals surface area contributed by atoms with Crippen molar-refractivity contribution in [1.29, 1.82) is 0 Å². The van der Waals surface area contributed by atoms with Gasteiger partial charge in [-0.25, -0.2) is 4.79 Å². The van der Waals surface area contributed by atoms with Crippen molar-refractivity contribution < 1.29 is 29.8 Å². The zero-order chi connectivity index (χ0) is 19.8. The molecule has 0 heterocycles. The minimum atomic E-state index is -1.55. The molecule has 1 amide bonds. The quantitative estimate of drug-likeness (QED) is 0.408. The van der Waals surface area contributed by atoms with Gasteiger partial charge in [0.25, 0.3) is 0 Å². The number of aliphatic hydroxyl groups is 2. The molecule has 0 aliphatic rings. The first-order chi connectivity index (χ1) is 12.9. The molecule has 0 bridgehead atoms. The third kappa shape index (κ3) is 5.66. The first-order valence-corrected chi connectivity index (χ1v) is 8.17. The molecule has 0 radical (unpaired) electrons. The second kappa shape index (κ2) is 9.51. The summed E-state index contributed by atoms with van der Waals surface area (Å²) in [4.78, 5) is 21.6. The third-order valence-electron chi connectivity index (χ3n) is 3.85. The predicted molar refractivity (Wildman–Crippen MR) is 95.0 cm³/mol. The van der Waals surface area contributed by atoms with Crippen molar-refractivity contribution >= 4 is 11.8 Å². The van der Waals surface area contributed by atoms with Gasteiger partial charge < -0.3 is 25.4 Å². The summed E-state index contributed by atoms with van der Waals surface area (Å²) in [6.07, 6.45) is -3.64. The molecule has 2 aromatic rings. The molecular formula is C18H20N2O7. The highest BCUT2D eigenvalue weighted by Crippen LogP contribution is 2.34. The average molecular weight is 376 g/mol. The Morgan fingerprint density at radius 2 is 1.85 bits per heavy atom. The number of ether oxygens (including phenoxy) is 1. The number of phenolic OH excluding ortho intramolecular Hbond substituents is 1. The zero-order valence-electron chi connectivity index (χ0n) is 14.3. The minimum Gasteiger partial charge on any atom is -0.502 e. The summed E-state index contributed by atoms with van der Waals surface area (Å²) >= 11 is 0. The summed E-state index contributed by atoms with van der Waals surface area (Å²) in [6.45, 7) is 0.0982. The van der Waals surface area contributed by atoms with Crippen LogP contribution in [0.5, 0.6) is 5.75 Å². The number of carbonyl (C=O) groups excluding carboxylic acids is 1. The van der Waals surface area contributed by atoms with Crippen LogP contribution in [-0.4, -0.2) is 39.0 Å². The number of para-hydroxylation sites is 1. The highest BCUT2D eigenvalue weighted by Gasteiger charge is 2.26. The molecule has 0 saturated carbocycles. The predicted octanol–water partition coefficient (Wildman–Crippen LogP) is 2.01. The number of amides is 1. The molecule has 0 fully saturated rings. The fourth-order valence-electron chi connectivity index (χ4n) is 2.40. The number of rotatable bonds is 8. The monoisotopic (exact) mass is 376 g/mol. The smallest absolute Gasteiger partial charge is 0.407 e. The summed E-state index contributed by atoms with van der Waals surface area (Å²) in [5, 5.41) is 43.3. The van der Waals surface area contributed by atoms with Gasteiger partial charge in [-0.05, 0) is 12.0 Å². The Balaban J connectivity index is 1.81. The largest absolute Gasteiger partial charge is 0.502 e. The molecule has 0 aromatic heterocycles. The van der Waals surface area contributed by atoms with Crippen molar-refractivity contribution in [2.24, 2.45) is 0 Å². The van der Waals surface area contributed by atoms with Gasteiger partial charge in [0.15, 0.2) is 5.75 Å². The minimum absolute atomic E-state index is 0.00153. The molecule has 0 aliphatic carbocycles. The molecule has 4 N–H and O–H groups in total. The molecule has 27 heavy (non-hydrogen) atoms. The van der Waals surface area contributed by atoms with Gasteiger partial charge in [-0.15, -0.1) is 0 Å². The molecule has 9 heteroatoms. The summed E-state index contributed by atoms with van der Waals surface area (Å²) in [6, 6.07) is 12.7. The molecule has 9 nitrogen and oxygen atoms in total. The maximum absolute atomic E-state index is 11.6. The van der Waals surface area contributed by atoms with Crippen molar-refractivity contribution in [2.45, 2.75) is 25.2 Å². The van der Waals surface area contributed by atoms with Crippen LogP contribution < -0.4 is 5.32 Å². The van der Waals surface area contributed by atoms with Gasteiger partial charge in [-0.2, -0.15) is 0 Å². The number of nitro benzene ring substituents is 1. The Hall–Kier alpha value is -3.17. The van der Waals surface area contributed by atoms with E-state index in [1.54, 1.807) is 12.1 Å². The molecule has 2 rings (SSSR count). The van der Waals surface area contributed by atoms with E-state index in [1.807, 2.05) is 18.2 Å². The van der Waals surface area contributed by atoms with Crippen LogP contribution in [0, 0.1) is 10.1 Å². The van der Waals surface area contributed by atoms with E-state index in [0.717, 1.165) is 11.6 Å². The molecule has 0 aliphatic heterocycles. The summed E-state index contributed by atoms with van der Waals surface area (Å²) in [5.41, 5.74) is 0.0916. The Kier molecular flexibility index (Phi) is 7.09. The fourth-order valence-corrected chi connectivity index (χ4v) is 2.40. The Morgan fingerprint density at radius 3 is 2.52 bits per heavy atom. The Morgan fingerprint density at radius 1 is 1.15 bits per heavy atom. The maximum atomic E-state index is 11.6. The van der Waals surface area contributed by atoms with Crippen LogP contribution in [-0.2, 0) is 11.3 Å². The van der Waals surface area contributed by atoms with Crippen LogP contribution in [0.3, 0.4) is 0 Å². The van der Waals surface area contributed by atoms with Gasteiger partial charge >= 0.3 is 11.8 Å². The highest BCUT2D eigenvalue weighted by atomic mass is 16.6. The van der Waals surface area contributed by atoms with E-state index < -0.39 is 34.7 Å². The maximum Gasteiger partial charge on any atom is 0.407 e. The van der Waals surface area contributed by atoms with E-state index >= 15 is 0 Å². The van der Waals surface area contributed by atoms with E-state index in [1.165, 1.54) is 12.1 Å². The van der Waals surface area contributed by atoms with Crippen LogP contribution in [0.4, 0.5) is 10.5 Å². The van der Waals surface area contributed by atoms with Gasteiger partial charge in [0.05, 0.1) is 11.0 Å². The number of hydrogen-bond donors (Lipinski definition) is 4. The fraction of sp³-hybridized carbons (Fsp3) is 0.278. The van der Waals surface area contributed by atoms with Crippen LogP contribution in [0.2, 0.25) is 0 Å². The number of carbonyl (C=O) groups is 1. The number of benzene rings is 2. The number of alkyl carbamates (subject to hydrolysis) is 1. The molecule has 2 atom stereocenters. The van der Waals surface area contributed by atoms with E-state index in [0.29, 0.717) is 0 Å². The molecule has 144 valence electrons. The lowest BCUT2D eigenvalue weighted by Crippen LogP contribution is -2.29. The van der Waals surface area contributed by atoms with Crippen molar-refractivity contribution in [1.82, 2.24) is 5.32 Å².